The summed E-state index contributed by atoms with van der Waals surface area (Å²) in [7, 11) is 0. The second kappa shape index (κ2) is 8.55. The highest BCUT2D eigenvalue weighted by Gasteiger charge is 2.22. The van der Waals surface area contributed by atoms with Gasteiger partial charge < -0.3 is 9.73 Å². The highest BCUT2D eigenvalue weighted by molar-refractivity contribution is 7.99. The number of anilines is 1. The molecule has 5 rings (SSSR count). The number of carbonyl (C=O) groups excluding carboxylic acids is 1. The standard InChI is InChI=1S/C21H25N5O2S2/c1-13-6-7-16-14(10-13)11-17(30-16)20-24-25-21(28-20)29-12-19(27)23-18-8-9-22-26(18)15-4-2-3-5-15/h8-9,11,13,15H,2-7,10,12H2,1H3,(H,23,27)/t13-/m0/s1. The molecule has 2 aliphatic carbocycles. The third-order valence-electron chi connectivity index (χ3n) is 5.88. The number of nitrogens with zero attached hydrogens (tertiary/aromatic N) is 4. The van der Waals surface area contributed by atoms with Crippen molar-refractivity contribution in [3.8, 4) is 10.8 Å². The van der Waals surface area contributed by atoms with E-state index in [-0.39, 0.29) is 11.7 Å². The average molecular weight is 444 g/mol. The van der Waals surface area contributed by atoms with Crippen LogP contribution in [0.1, 0.15) is 55.5 Å². The van der Waals surface area contributed by atoms with Crippen LogP contribution < -0.4 is 5.32 Å². The number of hydrogen-bond acceptors (Lipinski definition) is 7. The molecular formula is C21H25N5O2S2. The van der Waals surface area contributed by atoms with Gasteiger partial charge in [-0.15, -0.1) is 21.5 Å². The maximum atomic E-state index is 12.4. The predicted molar refractivity (Wildman–Crippen MR) is 118 cm³/mol. The SMILES string of the molecule is C[C@H]1CCc2sc(-c3nnc(SCC(=O)Nc4ccnn4C4CCCC4)o3)cc2C1. The van der Waals surface area contributed by atoms with Gasteiger partial charge in [0.25, 0.3) is 11.1 Å². The molecule has 3 heterocycles. The summed E-state index contributed by atoms with van der Waals surface area (Å²) >= 11 is 3.01. The maximum absolute atomic E-state index is 12.4. The molecule has 0 bridgehead atoms. The second-order valence-electron chi connectivity index (χ2n) is 8.22. The molecule has 0 spiro atoms. The molecule has 1 fully saturated rings. The molecule has 1 amide bonds. The molecule has 2 aliphatic rings. The number of thioether (sulfide) groups is 1. The number of thiophene rings is 1. The molecule has 1 atom stereocenters. The first kappa shape index (κ1) is 19.8. The number of aryl methyl sites for hydroxylation is 1. The number of fused-ring (bicyclic) bond motifs is 1. The Hall–Kier alpha value is -2.13. The van der Waals surface area contributed by atoms with E-state index in [1.807, 2.05) is 10.7 Å². The summed E-state index contributed by atoms with van der Waals surface area (Å²) < 4.78 is 7.76. The minimum Gasteiger partial charge on any atom is -0.410 e. The Labute approximate surface area is 183 Å². The zero-order chi connectivity index (χ0) is 20.5. The van der Waals surface area contributed by atoms with Crippen molar-refractivity contribution >= 4 is 34.8 Å². The van der Waals surface area contributed by atoms with E-state index in [0.29, 0.717) is 17.2 Å². The van der Waals surface area contributed by atoms with Gasteiger partial charge in [-0.25, -0.2) is 4.68 Å². The molecular weight excluding hydrogens is 418 g/mol. The lowest BCUT2D eigenvalue weighted by molar-refractivity contribution is -0.113. The van der Waals surface area contributed by atoms with Crippen molar-refractivity contribution < 1.29 is 9.21 Å². The van der Waals surface area contributed by atoms with E-state index in [0.717, 1.165) is 42.3 Å². The maximum Gasteiger partial charge on any atom is 0.277 e. The van der Waals surface area contributed by atoms with Crippen LogP contribution in [-0.4, -0.2) is 31.6 Å². The lowest BCUT2D eigenvalue weighted by Gasteiger charge is -2.16. The smallest absolute Gasteiger partial charge is 0.277 e. The van der Waals surface area contributed by atoms with Gasteiger partial charge in [-0.3, -0.25) is 4.79 Å². The highest BCUT2D eigenvalue weighted by Crippen LogP contribution is 2.37. The molecule has 0 aromatic carbocycles. The lowest BCUT2D eigenvalue weighted by atomic mass is 9.90. The van der Waals surface area contributed by atoms with Crippen molar-refractivity contribution in [3.63, 3.8) is 0 Å². The first-order valence-corrected chi connectivity index (χ1v) is 12.4. The average Bonchev–Trinajstić information content (AvgIpc) is 3.51. The fourth-order valence-corrected chi connectivity index (χ4v) is 6.03. The van der Waals surface area contributed by atoms with Crippen LogP contribution in [0.25, 0.3) is 10.8 Å². The second-order valence-corrected chi connectivity index (χ2v) is 10.3. The van der Waals surface area contributed by atoms with Crippen molar-refractivity contribution in [2.45, 2.75) is 63.1 Å². The summed E-state index contributed by atoms with van der Waals surface area (Å²) in [5.74, 6) is 2.16. The molecule has 3 aromatic rings. The van der Waals surface area contributed by atoms with E-state index in [1.165, 1.54) is 41.5 Å². The Morgan fingerprint density at radius 3 is 3.07 bits per heavy atom. The topological polar surface area (TPSA) is 85.8 Å². The predicted octanol–water partition coefficient (Wildman–Crippen LogP) is 4.97. The molecule has 0 unspecified atom stereocenters. The van der Waals surface area contributed by atoms with E-state index >= 15 is 0 Å². The molecule has 0 aliphatic heterocycles. The van der Waals surface area contributed by atoms with E-state index in [4.69, 9.17) is 4.42 Å². The van der Waals surface area contributed by atoms with Crippen LogP contribution in [0.2, 0.25) is 0 Å². The fraction of sp³-hybridized carbons (Fsp3) is 0.524. The minimum atomic E-state index is -0.0972. The largest absolute Gasteiger partial charge is 0.410 e. The van der Waals surface area contributed by atoms with E-state index in [9.17, 15) is 4.79 Å². The minimum absolute atomic E-state index is 0.0972. The van der Waals surface area contributed by atoms with Crippen LogP contribution >= 0.6 is 23.1 Å². The van der Waals surface area contributed by atoms with Crippen molar-refractivity contribution in [3.05, 3.63) is 28.8 Å². The molecule has 9 heteroatoms. The van der Waals surface area contributed by atoms with Crippen LogP contribution in [0.3, 0.4) is 0 Å². The summed E-state index contributed by atoms with van der Waals surface area (Å²) in [4.78, 5) is 14.9. The summed E-state index contributed by atoms with van der Waals surface area (Å²) in [6.07, 6.45) is 9.93. The third kappa shape index (κ3) is 4.18. The highest BCUT2D eigenvalue weighted by atomic mass is 32.2. The van der Waals surface area contributed by atoms with Crippen molar-refractivity contribution in [2.75, 3.05) is 11.1 Å². The molecule has 1 N–H and O–H groups in total. The monoisotopic (exact) mass is 443 g/mol. The van der Waals surface area contributed by atoms with Gasteiger partial charge in [0.2, 0.25) is 5.91 Å². The van der Waals surface area contributed by atoms with Crippen LogP contribution in [-0.2, 0) is 17.6 Å². The van der Waals surface area contributed by atoms with E-state index < -0.39 is 0 Å². The molecule has 30 heavy (non-hydrogen) atoms. The molecule has 3 aromatic heterocycles. The first-order chi connectivity index (χ1) is 14.7. The number of aromatic nitrogens is 4. The Bertz CT molecular complexity index is 1030. The summed E-state index contributed by atoms with van der Waals surface area (Å²) in [5, 5.41) is 16.1. The molecule has 7 nitrogen and oxygen atoms in total. The van der Waals surface area contributed by atoms with Gasteiger partial charge in [0.1, 0.15) is 5.82 Å². The Balaban J connectivity index is 1.18. The number of hydrogen-bond donors (Lipinski definition) is 1. The van der Waals surface area contributed by atoms with E-state index in [1.54, 1.807) is 17.5 Å². The van der Waals surface area contributed by atoms with Crippen LogP contribution in [0.5, 0.6) is 0 Å². The first-order valence-electron chi connectivity index (χ1n) is 10.6. The number of carbonyl (C=O) groups is 1. The van der Waals surface area contributed by atoms with Gasteiger partial charge in [-0.1, -0.05) is 31.5 Å². The quantitative estimate of drug-likeness (QED) is 0.542. The van der Waals surface area contributed by atoms with Gasteiger partial charge in [0, 0.05) is 10.9 Å². The van der Waals surface area contributed by atoms with Crippen molar-refractivity contribution in [1.82, 2.24) is 20.0 Å². The molecule has 0 radical (unpaired) electrons. The molecule has 158 valence electrons. The van der Waals surface area contributed by atoms with Gasteiger partial charge in [0.15, 0.2) is 0 Å². The van der Waals surface area contributed by atoms with Crippen molar-refractivity contribution in [1.29, 1.82) is 0 Å². The van der Waals surface area contributed by atoms with Crippen LogP contribution in [0, 0.1) is 5.92 Å². The van der Waals surface area contributed by atoms with Crippen LogP contribution in [0.15, 0.2) is 28.0 Å². The van der Waals surface area contributed by atoms with Crippen molar-refractivity contribution in [2.24, 2.45) is 5.92 Å². The number of nitrogens with one attached hydrogen (secondary N) is 1. The third-order valence-corrected chi connectivity index (χ3v) is 7.93. The summed E-state index contributed by atoms with van der Waals surface area (Å²) in [6, 6.07) is 4.43. The number of rotatable bonds is 6. The number of amides is 1. The lowest BCUT2D eigenvalue weighted by Crippen LogP contribution is -2.19. The van der Waals surface area contributed by atoms with Gasteiger partial charge in [0.05, 0.1) is 22.9 Å². The Morgan fingerprint density at radius 1 is 1.33 bits per heavy atom. The zero-order valence-corrected chi connectivity index (χ0v) is 18.6. The Kier molecular flexibility index (Phi) is 5.64. The normalized spacial score (nSPS) is 19.2. The van der Waals surface area contributed by atoms with Gasteiger partial charge in [-0.05, 0) is 49.7 Å². The van der Waals surface area contributed by atoms with Gasteiger partial charge >= 0.3 is 0 Å². The zero-order valence-electron chi connectivity index (χ0n) is 17.0. The molecule has 0 saturated heterocycles. The summed E-state index contributed by atoms with van der Waals surface area (Å²) in [5.41, 5.74) is 1.42. The van der Waals surface area contributed by atoms with Crippen LogP contribution in [0.4, 0.5) is 5.82 Å². The summed E-state index contributed by atoms with van der Waals surface area (Å²) in [6.45, 7) is 2.30. The molecule has 1 saturated carbocycles. The Morgan fingerprint density at radius 2 is 2.20 bits per heavy atom. The fourth-order valence-electron chi connectivity index (χ4n) is 4.34. The van der Waals surface area contributed by atoms with Gasteiger partial charge in [-0.2, -0.15) is 5.10 Å². The van der Waals surface area contributed by atoms with E-state index in [2.05, 4.69) is 33.6 Å².